The Balaban J connectivity index is 1.84. The van der Waals surface area contributed by atoms with Gasteiger partial charge >= 0.3 is 0 Å². The summed E-state index contributed by atoms with van der Waals surface area (Å²) in [4.78, 5) is 0. The summed E-state index contributed by atoms with van der Waals surface area (Å²) in [7, 11) is -1.70. The van der Waals surface area contributed by atoms with Crippen LogP contribution in [0.5, 0.6) is 0 Å². The third kappa shape index (κ3) is 2.82. The van der Waals surface area contributed by atoms with Crippen LogP contribution in [0.25, 0.3) is 0 Å². The Morgan fingerprint density at radius 1 is 1.25 bits per heavy atom. The van der Waals surface area contributed by atoms with Crippen molar-refractivity contribution in [2.75, 3.05) is 6.61 Å². The van der Waals surface area contributed by atoms with E-state index >= 15 is 0 Å². The summed E-state index contributed by atoms with van der Waals surface area (Å²) >= 11 is 0. The highest BCUT2D eigenvalue weighted by atomic mass is 28.4. The van der Waals surface area contributed by atoms with E-state index in [2.05, 4.69) is 53.8 Å². The maximum Gasteiger partial charge on any atom is 0.192 e. The van der Waals surface area contributed by atoms with Crippen LogP contribution in [0.15, 0.2) is 16.7 Å². The highest BCUT2D eigenvalue weighted by Gasteiger charge is 2.54. The summed E-state index contributed by atoms with van der Waals surface area (Å²) in [6.07, 6.45) is 8.18. The second-order valence-corrected chi connectivity index (χ2v) is 15.1. The standard InChI is InChI=1S/C21H36O2Si/c1-19(2,3)24(6,7)23-15-20(4)12-8-13-21(5)17(20)10-9-16-11-14-22-18(16)21/h11,14,17H,8-10,12-13,15H2,1-7H3/t17-,20+,21-/m0/s1. The van der Waals surface area contributed by atoms with Crippen molar-refractivity contribution < 1.29 is 8.84 Å². The molecule has 0 aromatic carbocycles. The molecular formula is C21H36O2Si. The molecule has 0 unspecified atom stereocenters. The van der Waals surface area contributed by atoms with Gasteiger partial charge < -0.3 is 8.84 Å². The molecule has 3 rings (SSSR count). The maximum absolute atomic E-state index is 6.71. The molecule has 1 heterocycles. The molecule has 1 aromatic heterocycles. The van der Waals surface area contributed by atoms with Crippen LogP contribution in [0, 0.1) is 11.3 Å². The minimum atomic E-state index is -1.70. The predicted octanol–water partition coefficient (Wildman–Crippen LogP) is 6.31. The van der Waals surface area contributed by atoms with Gasteiger partial charge in [-0.3, -0.25) is 0 Å². The number of hydrogen-bond donors (Lipinski definition) is 0. The van der Waals surface area contributed by atoms with E-state index in [9.17, 15) is 0 Å². The first-order valence-electron chi connectivity index (χ1n) is 9.70. The number of rotatable bonds is 3. The van der Waals surface area contributed by atoms with E-state index < -0.39 is 8.32 Å². The molecule has 0 N–H and O–H groups in total. The number of aryl methyl sites for hydroxylation is 1. The molecule has 3 heteroatoms. The van der Waals surface area contributed by atoms with Crippen LogP contribution in [0.2, 0.25) is 18.1 Å². The zero-order valence-corrected chi connectivity index (χ0v) is 17.8. The van der Waals surface area contributed by atoms with Gasteiger partial charge in [-0.25, -0.2) is 0 Å². The van der Waals surface area contributed by atoms with Gasteiger partial charge in [-0.15, -0.1) is 0 Å². The van der Waals surface area contributed by atoms with Gasteiger partial charge in [0.1, 0.15) is 5.76 Å². The Hall–Kier alpha value is -0.543. The van der Waals surface area contributed by atoms with Crippen molar-refractivity contribution in [1.82, 2.24) is 0 Å². The van der Waals surface area contributed by atoms with Crippen LogP contribution >= 0.6 is 0 Å². The van der Waals surface area contributed by atoms with E-state index in [1.54, 1.807) is 0 Å². The Morgan fingerprint density at radius 3 is 2.62 bits per heavy atom. The fraction of sp³-hybridized carbons (Fsp3) is 0.810. The van der Waals surface area contributed by atoms with Crippen molar-refractivity contribution in [3.05, 3.63) is 23.7 Å². The van der Waals surface area contributed by atoms with Crippen molar-refractivity contribution in [2.24, 2.45) is 11.3 Å². The van der Waals surface area contributed by atoms with Crippen LogP contribution < -0.4 is 0 Å². The third-order valence-electron chi connectivity index (χ3n) is 7.59. The van der Waals surface area contributed by atoms with Crippen molar-refractivity contribution in [1.29, 1.82) is 0 Å². The summed E-state index contributed by atoms with van der Waals surface area (Å²) in [5.41, 5.74) is 1.91. The van der Waals surface area contributed by atoms with Gasteiger partial charge in [0.25, 0.3) is 0 Å². The molecule has 2 aliphatic rings. The van der Waals surface area contributed by atoms with Crippen molar-refractivity contribution in [3.8, 4) is 0 Å². The summed E-state index contributed by atoms with van der Waals surface area (Å²) < 4.78 is 12.7. The van der Waals surface area contributed by atoms with Crippen molar-refractivity contribution >= 4 is 8.32 Å². The first kappa shape index (κ1) is 18.3. The minimum Gasteiger partial charge on any atom is -0.468 e. The number of fused-ring (bicyclic) bond motifs is 3. The molecule has 2 nitrogen and oxygen atoms in total. The van der Waals surface area contributed by atoms with Gasteiger partial charge in [0.2, 0.25) is 0 Å². The molecule has 24 heavy (non-hydrogen) atoms. The van der Waals surface area contributed by atoms with E-state index in [0.717, 1.165) is 6.61 Å². The fourth-order valence-corrected chi connectivity index (χ4v) is 6.11. The predicted molar refractivity (Wildman–Crippen MR) is 103 cm³/mol. The lowest BCUT2D eigenvalue weighted by Gasteiger charge is -2.54. The second kappa shape index (κ2) is 5.74. The normalized spacial score (nSPS) is 33.9. The molecule has 0 radical (unpaired) electrons. The summed E-state index contributed by atoms with van der Waals surface area (Å²) in [5.74, 6) is 1.94. The van der Waals surface area contributed by atoms with Crippen molar-refractivity contribution in [2.45, 2.75) is 90.3 Å². The fourth-order valence-electron chi connectivity index (χ4n) is 4.98. The van der Waals surface area contributed by atoms with E-state index in [0.29, 0.717) is 5.92 Å². The molecule has 0 amide bonds. The van der Waals surface area contributed by atoms with E-state index in [1.807, 2.05) is 6.26 Å². The Kier molecular flexibility index (Phi) is 4.36. The SMILES string of the molecule is CC(C)(C)[Si](C)(C)OC[C@@]1(C)CCC[C@]2(C)c3occc3CC[C@@H]12. The van der Waals surface area contributed by atoms with Crippen molar-refractivity contribution in [3.63, 3.8) is 0 Å². The third-order valence-corrected chi connectivity index (χ3v) is 12.1. The van der Waals surface area contributed by atoms with Crippen LogP contribution in [0.3, 0.4) is 0 Å². The Morgan fingerprint density at radius 2 is 1.96 bits per heavy atom. The molecule has 0 bridgehead atoms. The highest BCUT2D eigenvalue weighted by molar-refractivity contribution is 6.74. The molecule has 0 spiro atoms. The van der Waals surface area contributed by atoms with Gasteiger partial charge in [0.05, 0.1) is 6.26 Å². The molecule has 0 saturated heterocycles. The molecule has 136 valence electrons. The monoisotopic (exact) mass is 348 g/mol. The largest absolute Gasteiger partial charge is 0.468 e. The zero-order valence-electron chi connectivity index (χ0n) is 16.8. The molecule has 1 saturated carbocycles. The molecule has 3 atom stereocenters. The maximum atomic E-state index is 6.71. The zero-order chi connectivity index (χ0) is 17.8. The van der Waals surface area contributed by atoms with Crippen LogP contribution in [0.1, 0.15) is 71.6 Å². The number of hydrogen-bond acceptors (Lipinski definition) is 2. The van der Waals surface area contributed by atoms with E-state index in [-0.39, 0.29) is 15.9 Å². The lowest BCUT2D eigenvalue weighted by atomic mass is 9.51. The molecular weight excluding hydrogens is 312 g/mol. The number of furan rings is 1. The smallest absolute Gasteiger partial charge is 0.192 e. The van der Waals surface area contributed by atoms with Gasteiger partial charge in [0.15, 0.2) is 8.32 Å². The quantitative estimate of drug-likeness (QED) is 0.597. The van der Waals surface area contributed by atoms with Crippen LogP contribution in [-0.2, 0) is 16.3 Å². The Bertz CT molecular complexity index is 597. The summed E-state index contributed by atoms with van der Waals surface area (Å²) in [5, 5.41) is 0.280. The summed E-state index contributed by atoms with van der Waals surface area (Å²) in [6.45, 7) is 17.6. The van der Waals surface area contributed by atoms with E-state index in [1.165, 1.54) is 43.4 Å². The van der Waals surface area contributed by atoms with Gasteiger partial charge in [-0.05, 0) is 66.8 Å². The van der Waals surface area contributed by atoms with Crippen LogP contribution in [-0.4, -0.2) is 14.9 Å². The van der Waals surface area contributed by atoms with Crippen LogP contribution in [0.4, 0.5) is 0 Å². The highest BCUT2D eigenvalue weighted by Crippen LogP contribution is 2.57. The van der Waals surface area contributed by atoms with E-state index in [4.69, 9.17) is 8.84 Å². The summed E-state index contributed by atoms with van der Waals surface area (Å²) in [6, 6.07) is 2.19. The molecule has 0 aliphatic heterocycles. The molecule has 1 fully saturated rings. The molecule has 2 aliphatic carbocycles. The first-order chi connectivity index (χ1) is 11.0. The average molecular weight is 349 g/mol. The first-order valence-corrected chi connectivity index (χ1v) is 12.6. The molecule has 1 aromatic rings. The topological polar surface area (TPSA) is 22.4 Å². The lowest BCUT2D eigenvalue weighted by molar-refractivity contribution is -0.0222. The lowest BCUT2D eigenvalue weighted by Crippen LogP contribution is -2.52. The van der Waals surface area contributed by atoms with Gasteiger partial charge in [-0.1, -0.05) is 41.0 Å². The van der Waals surface area contributed by atoms with Gasteiger partial charge in [0, 0.05) is 12.0 Å². The minimum absolute atomic E-state index is 0.195. The second-order valence-electron chi connectivity index (χ2n) is 10.3. The average Bonchev–Trinajstić information content (AvgIpc) is 2.94. The Labute approximate surface area is 149 Å². The van der Waals surface area contributed by atoms with Gasteiger partial charge in [-0.2, -0.15) is 0 Å².